The Balaban J connectivity index is 1.39. The number of carbonyl (C=O) groups excluding carboxylic acids is 3. The zero-order valence-corrected chi connectivity index (χ0v) is 18.1. The number of hydrogen-bond donors (Lipinski definition) is 0. The Morgan fingerprint density at radius 2 is 1.72 bits per heavy atom. The molecule has 2 aromatic carbocycles. The standard InChI is InChI=1S/C21H15Cl2N3O6/c1-2-30-16-6-4-3-5-11(16)19-24-17(32-25-19)10-31-18(27)9-26-20(28)12-7-14(22)15(23)8-13(12)21(26)29/h3-8H,2,9-10H2,1H3. The van der Waals surface area contributed by atoms with Crippen molar-refractivity contribution in [3.05, 3.63) is 63.5 Å². The zero-order valence-electron chi connectivity index (χ0n) is 16.6. The first-order valence-electron chi connectivity index (χ1n) is 9.44. The van der Waals surface area contributed by atoms with E-state index >= 15 is 0 Å². The van der Waals surface area contributed by atoms with Crippen LogP contribution in [0.2, 0.25) is 10.0 Å². The van der Waals surface area contributed by atoms with Gasteiger partial charge in [0.1, 0.15) is 12.3 Å². The number of ether oxygens (including phenoxy) is 2. The molecule has 0 spiro atoms. The number of halogens is 2. The monoisotopic (exact) mass is 475 g/mol. The van der Waals surface area contributed by atoms with Crippen molar-refractivity contribution in [2.45, 2.75) is 13.5 Å². The van der Waals surface area contributed by atoms with Gasteiger partial charge in [-0.2, -0.15) is 4.98 Å². The highest BCUT2D eigenvalue weighted by molar-refractivity contribution is 6.43. The van der Waals surface area contributed by atoms with Crippen LogP contribution >= 0.6 is 23.2 Å². The number of amides is 2. The van der Waals surface area contributed by atoms with Crippen LogP contribution in [0.3, 0.4) is 0 Å². The van der Waals surface area contributed by atoms with Crippen LogP contribution in [-0.2, 0) is 16.1 Å². The molecule has 3 aromatic rings. The van der Waals surface area contributed by atoms with Crippen molar-refractivity contribution in [3.63, 3.8) is 0 Å². The molecule has 4 rings (SSSR count). The second-order valence-corrected chi connectivity index (χ2v) is 7.42. The first kappa shape index (κ1) is 21.8. The maximum atomic E-state index is 12.5. The van der Waals surface area contributed by atoms with Gasteiger partial charge in [-0.25, -0.2) is 0 Å². The minimum absolute atomic E-state index is 0.0422. The maximum absolute atomic E-state index is 12.5. The molecule has 0 saturated carbocycles. The fourth-order valence-electron chi connectivity index (χ4n) is 3.10. The Morgan fingerprint density at radius 3 is 2.38 bits per heavy atom. The van der Waals surface area contributed by atoms with Gasteiger partial charge in [-0.3, -0.25) is 19.3 Å². The number of esters is 1. The normalized spacial score (nSPS) is 12.8. The zero-order chi connectivity index (χ0) is 22.8. The van der Waals surface area contributed by atoms with Gasteiger partial charge in [-0.05, 0) is 31.2 Å². The lowest BCUT2D eigenvalue weighted by Crippen LogP contribution is -2.35. The molecule has 0 fully saturated rings. The quantitative estimate of drug-likeness (QED) is 0.374. The van der Waals surface area contributed by atoms with Crippen LogP contribution in [0.5, 0.6) is 5.75 Å². The third-order valence-corrected chi connectivity index (χ3v) is 5.27. The Labute approximate surface area is 191 Å². The molecule has 0 radical (unpaired) electrons. The Hall–Kier alpha value is -3.43. The van der Waals surface area contributed by atoms with Crippen LogP contribution in [0.4, 0.5) is 0 Å². The average molecular weight is 476 g/mol. The van der Waals surface area contributed by atoms with Gasteiger partial charge >= 0.3 is 5.97 Å². The summed E-state index contributed by atoms with van der Waals surface area (Å²) in [4.78, 5) is 42.1. The van der Waals surface area contributed by atoms with Gasteiger partial charge in [-0.1, -0.05) is 40.5 Å². The average Bonchev–Trinajstić information content (AvgIpc) is 3.33. The van der Waals surface area contributed by atoms with Crippen LogP contribution in [0.25, 0.3) is 11.4 Å². The minimum atomic E-state index is -0.828. The minimum Gasteiger partial charge on any atom is -0.493 e. The predicted molar refractivity (Wildman–Crippen MR) is 113 cm³/mol. The van der Waals surface area contributed by atoms with E-state index in [1.807, 2.05) is 13.0 Å². The van der Waals surface area contributed by atoms with Crippen molar-refractivity contribution >= 4 is 41.0 Å². The highest BCUT2D eigenvalue weighted by Crippen LogP contribution is 2.31. The second kappa shape index (κ2) is 8.97. The molecule has 2 amide bonds. The van der Waals surface area contributed by atoms with Crippen LogP contribution in [0.1, 0.15) is 33.5 Å². The molecule has 32 heavy (non-hydrogen) atoms. The summed E-state index contributed by atoms with van der Waals surface area (Å²) in [6, 6.07) is 9.76. The summed E-state index contributed by atoms with van der Waals surface area (Å²) in [6.07, 6.45) is 0. The molecular weight excluding hydrogens is 461 g/mol. The van der Waals surface area contributed by atoms with Gasteiger partial charge < -0.3 is 14.0 Å². The molecule has 1 aliphatic rings. The van der Waals surface area contributed by atoms with Gasteiger partial charge in [0, 0.05) is 0 Å². The molecule has 0 unspecified atom stereocenters. The summed E-state index contributed by atoms with van der Waals surface area (Å²) in [5.41, 5.74) is 0.775. The van der Waals surface area contributed by atoms with E-state index in [0.717, 1.165) is 4.90 Å². The summed E-state index contributed by atoms with van der Waals surface area (Å²) in [5, 5.41) is 4.14. The van der Waals surface area contributed by atoms with Crippen LogP contribution in [0.15, 0.2) is 40.9 Å². The third kappa shape index (κ3) is 4.17. The van der Waals surface area contributed by atoms with Crippen molar-refractivity contribution in [3.8, 4) is 17.1 Å². The van der Waals surface area contributed by atoms with Gasteiger partial charge in [0.25, 0.3) is 17.7 Å². The molecule has 0 N–H and O–H groups in total. The van der Waals surface area contributed by atoms with Crippen molar-refractivity contribution < 1.29 is 28.4 Å². The lowest BCUT2D eigenvalue weighted by Gasteiger charge is -2.12. The fraction of sp³-hybridized carbons (Fsp3) is 0.190. The number of imide groups is 1. The summed E-state index contributed by atoms with van der Waals surface area (Å²) >= 11 is 11.8. The third-order valence-electron chi connectivity index (χ3n) is 4.55. The van der Waals surface area contributed by atoms with E-state index in [2.05, 4.69) is 10.1 Å². The number of fused-ring (bicyclic) bond motifs is 1. The number of hydrogen-bond acceptors (Lipinski definition) is 8. The van der Waals surface area contributed by atoms with Crippen LogP contribution in [-0.4, -0.2) is 46.0 Å². The van der Waals surface area contributed by atoms with Gasteiger partial charge in [0.15, 0.2) is 6.61 Å². The number of nitrogens with zero attached hydrogens (tertiary/aromatic N) is 3. The summed E-state index contributed by atoms with van der Waals surface area (Å²) in [5.74, 6) is -1.24. The van der Waals surface area contributed by atoms with E-state index in [0.29, 0.717) is 17.9 Å². The molecule has 0 aliphatic carbocycles. The molecule has 11 heteroatoms. The lowest BCUT2D eigenvalue weighted by atomic mass is 10.1. The molecule has 1 aliphatic heterocycles. The van der Waals surface area contributed by atoms with Crippen LogP contribution in [0, 0.1) is 0 Å². The summed E-state index contributed by atoms with van der Waals surface area (Å²) in [7, 11) is 0. The highest BCUT2D eigenvalue weighted by atomic mass is 35.5. The Kier molecular flexibility index (Phi) is 6.11. The fourth-order valence-corrected chi connectivity index (χ4v) is 3.43. The van der Waals surface area contributed by atoms with Gasteiger partial charge in [0.2, 0.25) is 5.82 Å². The topological polar surface area (TPSA) is 112 Å². The lowest BCUT2D eigenvalue weighted by molar-refractivity contribution is -0.146. The molecular formula is C21H15Cl2N3O6. The van der Waals surface area contributed by atoms with E-state index < -0.39 is 24.3 Å². The molecule has 0 saturated heterocycles. The Bertz CT molecular complexity index is 1180. The van der Waals surface area contributed by atoms with Crippen molar-refractivity contribution in [2.24, 2.45) is 0 Å². The molecule has 1 aromatic heterocycles. The number of carbonyl (C=O) groups is 3. The number of benzene rings is 2. The molecule has 0 bridgehead atoms. The Morgan fingerprint density at radius 1 is 1.06 bits per heavy atom. The second-order valence-electron chi connectivity index (χ2n) is 6.61. The van der Waals surface area contributed by atoms with E-state index in [1.54, 1.807) is 18.2 Å². The maximum Gasteiger partial charge on any atom is 0.326 e. The molecule has 9 nitrogen and oxygen atoms in total. The van der Waals surface area contributed by atoms with Crippen LogP contribution < -0.4 is 4.74 Å². The first-order chi connectivity index (χ1) is 15.4. The van der Waals surface area contributed by atoms with Crippen molar-refractivity contribution in [2.75, 3.05) is 13.2 Å². The largest absolute Gasteiger partial charge is 0.493 e. The van der Waals surface area contributed by atoms with E-state index in [9.17, 15) is 14.4 Å². The van der Waals surface area contributed by atoms with E-state index in [1.165, 1.54) is 12.1 Å². The number of para-hydroxylation sites is 1. The SMILES string of the molecule is CCOc1ccccc1-c1noc(COC(=O)CN2C(=O)c3cc(Cl)c(Cl)cc3C2=O)n1. The molecule has 2 heterocycles. The number of aromatic nitrogens is 2. The summed E-state index contributed by atoms with van der Waals surface area (Å²) in [6.45, 7) is 1.41. The predicted octanol–water partition coefficient (Wildman–Crippen LogP) is 3.78. The van der Waals surface area contributed by atoms with Gasteiger partial charge in [-0.15, -0.1) is 0 Å². The molecule has 0 atom stereocenters. The highest BCUT2D eigenvalue weighted by Gasteiger charge is 2.37. The van der Waals surface area contributed by atoms with Crippen molar-refractivity contribution in [1.82, 2.24) is 15.0 Å². The number of rotatable bonds is 7. The van der Waals surface area contributed by atoms with E-state index in [-0.39, 0.29) is 39.5 Å². The molecule has 164 valence electrons. The smallest absolute Gasteiger partial charge is 0.326 e. The van der Waals surface area contributed by atoms with Crippen molar-refractivity contribution in [1.29, 1.82) is 0 Å². The van der Waals surface area contributed by atoms with E-state index in [4.69, 9.17) is 37.2 Å². The first-order valence-corrected chi connectivity index (χ1v) is 10.2. The van der Waals surface area contributed by atoms with Gasteiger partial charge in [0.05, 0.1) is 33.3 Å². The summed E-state index contributed by atoms with van der Waals surface area (Å²) < 4.78 is 15.8.